The first-order valence-electron chi connectivity index (χ1n) is 11.9. The molecule has 34 heavy (non-hydrogen) atoms. The third-order valence-corrected chi connectivity index (χ3v) is 6.75. The van der Waals surface area contributed by atoms with E-state index in [4.69, 9.17) is 0 Å². The molecular weight excluding hydrogens is 440 g/mol. The van der Waals surface area contributed by atoms with Crippen LogP contribution in [0.1, 0.15) is 35.6 Å². The zero-order valence-corrected chi connectivity index (χ0v) is 20.9. The Bertz CT molecular complexity index is 1040. The van der Waals surface area contributed by atoms with Gasteiger partial charge in [-0.15, -0.1) is 11.8 Å². The molecule has 0 aliphatic carbocycles. The summed E-state index contributed by atoms with van der Waals surface area (Å²) in [5.74, 6) is 0.973. The molecular formula is C29H34N2O2S. The van der Waals surface area contributed by atoms with Gasteiger partial charge in [0.25, 0.3) is 0 Å². The van der Waals surface area contributed by atoms with E-state index in [2.05, 4.69) is 17.4 Å². The van der Waals surface area contributed by atoms with E-state index < -0.39 is 6.04 Å². The number of thioether (sulfide) groups is 1. The van der Waals surface area contributed by atoms with Gasteiger partial charge in [0.15, 0.2) is 0 Å². The van der Waals surface area contributed by atoms with Gasteiger partial charge in [0, 0.05) is 25.3 Å². The molecule has 3 aromatic carbocycles. The summed E-state index contributed by atoms with van der Waals surface area (Å²) >= 11 is 1.59. The molecule has 2 amide bonds. The lowest BCUT2D eigenvalue weighted by molar-refractivity contribution is -0.139. The fourth-order valence-corrected chi connectivity index (χ4v) is 4.67. The highest BCUT2D eigenvalue weighted by Crippen LogP contribution is 2.19. The molecule has 0 aliphatic rings. The standard InChI is InChI=1S/C29H34N2O2S/c1-3-18-30-29(33)27(19-24-13-6-4-7-14-24)31(20-26-17-11-10-12-23(26)2)28(32)22-34-21-25-15-8-5-9-16-25/h4-17,27H,3,18-22H2,1-2H3,(H,30,33). The lowest BCUT2D eigenvalue weighted by Crippen LogP contribution is -2.51. The van der Waals surface area contributed by atoms with Crippen LogP contribution in [0, 0.1) is 6.92 Å². The summed E-state index contributed by atoms with van der Waals surface area (Å²) in [6, 6.07) is 27.6. The van der Waals surface area contributed by atoms with Crippen molar-refractivity contribution in [2.75, 3.05) is 12.3 Å². The minimum Gasteiger partial charge on any atom is -0.354 e. The van der Waals surface area contributed by atoms with Gasteiger partial charge in [0.2, 0.25) is 11.8 Å². The molecule has 5 heteroatoms. The number of carbonyl (C=O) groups is 2. The van der Waals surface area contributed by atoms with Crippen molar-refractivity contribution < 1.29 is 9.59 Å². The summed E-state index contributed by atoms with van der Waals surface area (Å²) in [4.78, 5) is 28.7. The quantitative estimate of drug-likeness (QED) is 0.383. The number of nitrogens with zero attached hydrogens (tertiary/aromatic N) is 1. The van der Waals surface area contributed by atoms with Crippen molar-refractivity contribution in [2.45, 2.75) is 45.0 Å². The third-order valence-electron chi connectivity index (χ3n) is 5.76. The molecule has 1 unspecified atom stereocenters. The molecule has 0 spiro atoms. The molecule has 3 aromatic rings. The summed E-state index contributed by atoms with van der Waals surface area (Å²) in [6.45, 7) is 5.09. The van der Waals surface area contributed by atoms with Crippen molar-refractivity contribution in [3.63, 3.8) is 0 Å². The number of hydrogen-bond acceptors (Lipinski definition) is 3. The van der Waals surface area contributed by atoms with E-state index in [0.29, 0.717) is 25.3 Å². The van der Waals surface area contributed by atoms with Crippen molar-refractivity contribution in [1.82, 2.24) is 10.2 Å². The van der Waals surface area contributed by atoms with Gasteiger partial charge in [0.1, 0.15) is 6.04 Å². The van der Waals surface area contributed by atoms with Crippen LogP contribution in [0.4, 0.5) is 0 Å². The van der Waals surface area contributed by atoms with Crippen LogP contribution in [0.25, 0.3) is 0 Å². The van der Waals surface area contributed by atoms with Crippen LogP contribution in [0.15, 0.2) is 84.9 Å². The summed E-state index contributed by atoms with van der Waals surface area (Å²) in [5, 5.41) is 3.03. The average molecular weight is 475 g/mol. The molecule has 1 N–H and O–H groups in total. The Morgan fingerprint density at radius 3 is 2.15 bits per heavy atom. The van der Waals surface area contributed by atoms with Crippen LogP contribution < -0.4 is 5.32 Å². The number of amides is 2. The molecule has 0 saturated carbocycles. The Morgan fingerprint density at radius 2 is 1.50 bits per heavy atom. The molecule has 0 aromatic heterocycles. The van der Waals surface area contributed by atoms with Crippen LogP contribution in [-0.2, 0) is 28.3 Å². The smallest absolute Gasteiger partial charge is 0.243 e. The minimum absolute atomic E-state index is 0.0169. The molecule has 0 heterocycles. The molecule has 178 valence electrons. The first-order valence-corrected chi connectivity index (χ1v) is 13.0. The van der Waals surface area contributed by atoms with E-state index in [1.807, 2.05) is 86.6 Å². The Morgan fingerprint density at radius 1 is 0.882 bits per heavy atom. The highest BCUT2D eigenvalue weighted by molar-refractivity contribution is 7.99. The largest absolute Gasteiger partial charge is 0.354 e. The second kappa shape index (κ2) is 13.6. The second-order valence-electron chi connectivity index (χ2n) is 8.42. The van der Waals surface area contributed by atoms with Crippen molar-refractivity contribution in [3.8, 4) is 0 Å². The lowest BCUT2D eigenvalue weighted by Gasteiger charge is -2.32. The van der Waals surface area contributed by atoms with Crippen molar-refractivity contribution >= 4 is 23.6 Å². The molecule has 3 rings (SSSR count). The molecule has 0 fully saturated rings. The van der Waals surface area contributed by atoms with Crippen molar-refractivity contribution in [1.29, 1.82) is 0 Å². The van der Waals surface area contributed by atoms with Gasteiger partial charge in [-0.2, -0.15) is 0 Å². The van der Waals surface area contributed by atoms with E-state index in [9.17, 15) is 9.59 Å². The van der Waals surface area contributed by atoms with E-state index >= 15 is 0 Å². The Hall–Kier alpha value is -3.05. The molecule has 0 saturated heterocycles. The SMILES string of the molecule is CCCNC(=O)C(Cc1ccccc1)N(Cc1ccccc1C)C(=O)CSCc1ccccc1. The normalized spacial score (nSPS) is 11.6. The highest BCUT2D eigenvalue weighted by atomic mass is 32.2. The summed E-state index contributed by atoms with van der Waals surface area (Å²) in [7, 11) is 0. The van der Waals surface area contributed by atoms with E-state index in [0.717, 1.165) is 28.9 Å². The van der Waals surface area contributed by atoms with Gasteiger partial charge in [-0.25, -0.2) is 0 Å². The second-order valence-corrected chi connectivity index (χ2v) is 9.41. The van der Waals surface area contributed by atoms with E-state index in [1.165, 1.54) is 5.56 Å². The van der Waals surface area contributed by atoms with Crippen LogP contribution in [0.3, 0.4) is 0 Å². The monoisotopic (exact) mass is 474 g/mol. The maximum atomic E-state index is 13.6. The van der Waals surface area contributed by atoms with Gasteiger partial charge in [-0.3, -0.25) is 9.59 Å². The number of nitrogens with one attached hydrogen (secondary N) is 1. The van der Waals surface area contributed by atoms with Gasteiger partial charge in [-0.1, -0.05) is 91.9 Å². The van der Waals surface area contributed by atoms with Gasteiger partial charge < -0.3 is 10.2 Å². The topological polar surface area (TPSA) is 49.4 Å². The predicted octanol–water partition coefficient (Wildman–Crippen LogP) is 5.39. The Balaban J connectivity index is 1.84. The summed E-state index contributed by atoms with van der Waals surface area (Å²) in [5.41, 5.74) is 4.40. The average Bonchev–Trinajstić information content (AvgIpc) is 2.87. The number of rotatable bonds is 12. The van der Waals surface area contributed by atoms with E-state index in [-0.39, 0.29) is 11.8 Å². The Labute approximate surface area is 207 Å². The molecule has 1 atom stereocenters. The van der Waals surface area contributed by atoms with Gasteiger partial charge in [-0.05, 0) is 35.6 Å². The van der Waals surface area contributed by atoms with Crippen molar-refractivity contribution in [3.05, 3.63) is 107 Å². The number of hydrogen-bond donors (Lipinski definition) is 1. The fraction of sp³-hybridized carbons (Fsp3) is 0.310. The number of carbonyl (C=O) groups excluding carboxylic acids is 2. The zero-order valence-electron chi connectivity index (χ0n) is 20.1. The molecule has 0 bridgehead atoms. The van der Waals surface area contributed by atoms with Crippen LogP contribution in [0.2, 0.25) is 0 Å². The summed E-state index contributed by atoms with van der Waals surface area (Å²) in [6.07, 6.45) is 1.33. The van der Waals surface area contributed by atoms with E-state index in [1.54, 1.807) is 16.7 Å². The van der Waals surface area contributed by atoms with Gasteiger partial charge >= 0.3 is 0 Å². The molecule has 0 radical (unpaired) electrons. The van der Waals surface area contributed by atoms with Crippen molar-refractivity contribution in [2.24, 2.45) is 0 Å². The lowest BCUT2D eigenvalue weighted by atomic mass is 10.0. The van der Waals surface area contributed by atoms with Gasteiger partial charge in [0.05, 0.1) is 5.75 Å². The van der Waals surface area contributed by atoms with Crippen LogP contribution >= 0.6 is 11.8 Å². The maximum absolute atomic E-state index is 13.6. The first-order chi connectivity index (χ1) is 16.6. The van der Waals surface area contributed by atoms with Crippen LogP contribution in [-0.4, -0.2) is 35.1 Å². The molecule has 0 aliphatic heterocycles. The third kappa shape index (κ3) is 7.77. The number of benzene rings is 3. The fourth-order valence-electron chi connectivity index (χ4n) is 3.80. The predicted molar refractivity (Wildman–Crippen MR) is 142 cm³/mol. The minimum atomic E-state index is -0.571. The number of aryl methyl sites for hydroxylation is 1. The first kappa shape index (κ1) is 25.6. The summed E-state index contributed by atoms with van der Waals surface area (Å²) < 4.78 is 0. The molecule has 4 nitrogen and oxygen atoms in total. The Kier molecular flexibility index (Phi) is 10.2. The zero-order chi connectivity index (χ0) is 24.2. The maximum Gasteiger partial charge on any atom is 0.243 e. The van der Waals surface area contributed by atoms with Crippen LogP contribution in [0.5, 0.6) is 0 Å². The highest BCUT2D eigenvalue weighted by Gasteiger charge is 2.30.